The number of rotatable bonds is 5. The van der Waals surface area contributed by atoms with Gasteiger partial charge in [0.05, 0.1) is 6.04 Å². The summed E-state index contributed by atoms with van der Waals surface area (Å²) in [6.07, 6.45) is 0. The third-order valence-corrected chi connectivity index (χ3v) is 4.14. The van der Waals surface area contributed by atoms with Crippen molar-refractivity contribution in [2.24, 2.45) is 0 Å². The third-order valence-electron chi connectivity index (χ3n) is 4.14. The molecule has 0 aliphatic carbocycles. The van der Waals surface area contributed by atoms with Gasteiger partial charge in [0.2, 0.25) is 0 Å². The number of carbonyl (C=O) groups is 2. The summed E-state index contributed by atoms with van der Waals surface area (Å²) >= 11 is 0. The molecular formula is C22H21N3O2. The van der Waals surface area contributed by atoms with Crippen LogP contribution in [-0.4, -0.2) is 16.8 Å². The number of aryl methyl sites for hydroxylation is 1. The van der Waals surface area contributed by atoms with Gasteiger partial charge < -0.3 is 10.6 Å². The lowest BCUT2D eigenvalue weighted by Gasteiger charge is -2.14. The van der Waals surface area contributed by atoms with Crippen molar-refractivity contribution in [3.05, 3.63) is 95.3 Å². The van der Waals surface area contributed by atoms with Gasteiger partial charge in [-0.1, -0.05) is 48.5 Å². The zero-order chi connectivity index (χ0) is 19.2. The molecule has 3 rings (SSSR count). The molecule has 0 radical (unpaired) electrons. The smallest absolute Gasteiger partial charge is 0.274 e. The Hall–Kier alpha value is -3.47. The molecule has 2 N–H and O–H groups in total. The highest BCUT2D eigenvalue weighted by Gasteiger charge is 2.15. The van der Waals surface area contributed by atoms with Gasteiger partial charge in [-0.15, -0.1) is 0 Å². The maximum absolute atomic E-state index is 12.5. The predicted molar refractivity (Wildman–Crippen MR) is 106 cm³/mol. The molecule has 1 unspecified atom stereocenters. The molecule has 2 amide bonds. The van der Waals surface area contributed by atoms with Crippen LogP contribution in [0.15, 0.2) is 72.8 Å². The molecule has 0 bridgehead atoms. The van der Waals surface area contributed by atoms with Gasteiger partial charge in [-0.05, 0) is 49.2 Å². The van der Waals surface area contributed by atoms with Crippen LogP contribution in [-0.2, 0) is 0 Å². The van der Waals surface area contributed by atoms with Crippen molar-refractivity contribution in [1.82, 2.24) is 10.3 Å². The molecule has 136 valence electrons. The number of pyridine rings is 1. The second-order valence-electron chi connectivity index (χ2n) is 6.34. The number of nitrogens with zero attached hydrogens (tertiary/aromatic N) is 1. The first-order valence-corrected chi connectivity index (χ1v) is 8.74. The van der Waals surface area contributed by atoms with Crippen LogP contribution < -0.4 is 10.6 Å². The molecule has 3 aromatic rings. The summed E-state index contributed by atoms with van der Waals surface area (Å²) in [6, 6.07) is 21.8. The summed E-state index contributed by atoms with van der Waals surface area (Å²) in [7, 11) is 0. The second kappa shape index (κ2) is 8.27. The topological polar surface area (TPSA) is 71.1 Å². The first-order chi connectivity index (χ1) is 13.0. The number of aromatic nitrogens is 1. The molecular weight excluding hydrogens is 338 g/mol. The van der Waals surface area contributed by atoms with Crippen LogP contribution in [0.1, 0.15) is 45.1 Å². The first-order valence-electron chi connectivity index (χ1n) is 8.74. The summed E-state index contributed by atoms with van der Waals surface area (Å²) in [4.78, 5) is 29.2. The molecule has 0 saturated heterocycles. The number of hydrogen-bond donors (Lipinski definition) is 2. The minimum absolute atomic E-state index is 0.162. The van der Waals surface area contributed by atoms with E-state index in [1.165, 1.54) is 0 Å². The summed E-state index contributed by atoms with van der Waals surface area (Å²) in [5, 5.41) is 5.70. The maximum atomic E-state index is 12.5. The fraction of sp³-hybridized carbons (Fsp3) is 0.136. The van der Waals surface area contributed by atoms with E-state index in [1.807, 2.05) is 68.4 Å². The lowest BCUT2D eigenvalue weighted by Crippen LogP contribution is -2.28. The van der Waals surface area contributed by atoms with Crippen LogP contribution in [0.4, 0.5) is 5.69 Å². The van der Waals surface area contributed by atoms with Crippen molar-refractivity contribution < 1.29 is 9.59 Å². The molecule has 27 heavy (non-hydrogen) atoms. The van der Waals surface area contributed by atoms with E-state index in [1.54, 1.807) is 18.2 Å². The standard InChI is InChI=1S/C22H21N3O2/c1-15-8-6-11-18(14-15)24-22(27)20-13-7-12-19(25-20)21(26)23-16(2)17-9-4-3-5-10-17/h3-14,16H,1-2H3,(H,23,26)(H,24,27). The van der Waals surface area contributed by atoms with Gasteiger partial charge in [-0.3, -0.25) is 9.59 Å². The fourth-order valence-electron chi connectivity index (χ4n) is 2.70. The molecule has 5 heteroatoms. The number of hydrogen-bond acceptors (Lipinski definition) is 3. The van der Waals surface area contributed by atoms with Gasteiger partial charge in [0, 0.05) is 5.69 Å². The number of amides is 2. The Bertz CT molecular complexity index is 955. The van der Waals surface area contributed by atoms with Crippen LogP contribution in [0.25, 0.3) is 0 Å². The van der Waals surface area contributed by atoms with E-state index < -0.39 is 0 Å². The highest BCUT2D eigenvalue weighted by atomic mass is 16.2. The molecule has 2 aromatic carbocycles. The number of benzene rings is 2. The van der Waals surface area contributed by atoms with Crippen LogP contribution in [0.2, 0.25) is 0 Å². The average molecular weight is 359 g/mol. The van der Waals surface area contributed by atoms with E-state index in [0.29, 0.717) is 5.69 Å². The molecule has 5 nitrogen and oxygen atoms in total. The predicted octanol–water partition coefficient (Wildman–Crippen LogP) is 4.13. The van der Waals surface area contributed by atoms with Gasteiger partial charge in [0.1, 0.15) is 11.4 Å². The lowest BCUT2D eigenvalue weighted by molar-refractivity contribution is 0.0934. The quantitative estimate of drug-likeness (QED) is 0.719. The van der Waals surface area contributed by atoms with Crippen LogP contribution >= 0.6 is 0 Å². The molecule has 1 aromatic heterocycles. The molecule has 0 aliphatic heterocycles. The number of carbonyl (C=O) groups excluding carboxylic acids is 2. The van der Waals surface area contributed by atoms with Crippen molar-refractivity contribution in [3.63, 3.8) is 0 Å². The van der Waals surface area contributed by atoms with Crippen molar-refractivity contribution in [3.8, 4) is 0 Å². The zero-order valence-electron chi connectivity index (χ0n) is 15.3. The van der Waals surface area contributed by atoms with E-state index in [9.17, 15) is 9.59 Å². The Balaban J connectivity index is 1.71. The average Bonchev–Trinajstić information content (AvgIpc) is 2.68. The highest BCUT2D eigenvalue weighted by Crippen LogP contribution is 2.13. The Kier molecular flexibility index (Phi) is 5.61. The fourth-order valence-corrected chi connectivity index (χ4v) is 2.70. The zero-order valence-corrected chi connectivity index (χ0v) is 15.3. The van der Waals surface area contributed by atoms with Crippen molar-refractivity contribution in [2.45, 2.75) is 19.9 Å². The van der Waals surface area contributed by atoms with Crippen LogP contribution in [0.5, 0.6) is 0 Å². The third kappa shape index (κ3) is 4.79. The van der Waals surface area contributed by atoms with Crippen LogP contribution in [0.3, 0.4) is 0 Å². The number of anilines is 1. The summed E-state index contributed by atoms with van der Waals surface area (Å²) in [5.41, 5.74) is 3.13. The molecule has 0 aliphatic rings. The minimum Gasteiger partial charge on any atom is -0.344 e. The molecule has 1 heterocycles. The largest absolute Gasteiger partial charge is 0.344 e. The normalized spacial score (nSPS) is 11.5. The first kappa shape index (κ1) is 18.3. The van der Waals surface area contributed by atoms with E-state index in [-0.39, 0.29) is 29.2 Å². The van der Waals surface area contributed by atoms with E-state index in [0.717, 1.165) is 11.1 Å². The molecule has 0 fully saturated rings. The Morgan fingerprint density at radius 3 is 2.22 bits per heavy atom. The minimum atomic E-state index is -0.355. The molecule has 0 spiro atoms. The van der Waals surface area contributed by atoms with Gasteiger partial charge in [-0.25, -0.2) is 4.98 Å². The molecule has 1 atom stereocenters. The van der Waals surface area contributed by atoms with Gasteiger partial charge in [0.25, 0.3) is 11.8 Å². The summed E-state index contributed by atoms with van der Waals surface area (Å²) < 4.78 is 0. The molecule has 0 saturated carbocycles. The second-order valence-corrected chi connectivity index (χ2v) is 6.34. The van der Waals surface area contributed by atoms with Gasteiger partial charge >= 0.3 is 0 Å². The Morgan fingerprint density at radius 1 is 0.852 bits per heavy atom. The van der Waals surface area contributed by atoms with Crippen molar-refractivity contribution in [2.75, 3.05) is 5.32 Å². The summed E-state index contributed by atoms with van der Waals surface area (Å²) in [6.45, 7) is 3.86. The van der Waals surface area contributed by atoms with E-state index in [4.69, 9.17) is 0 Å². The summed E-state index contributed by atoms with van der Waals surface area (Å²) in [5.74, 6) is -0.678. The monoisotopic (exact) mass is 359 g/mol. The van der Waals surface area contributed by atoms with E-state index in [2.05, 4.69) is 15.6 Å². The Morgan fingerprint density at radius 2 is 1.52 bits per heavy atom. The van der Waals surface area contributed by atoms with E-state index >= 15 is 0 Å². The number of nitrogens with one attached hydrogen (secondary N) is 2. The SMILES string of the molecule is Cc1cccc(NC(=O)c2cccc(C(=O)NC(C)c3ccccc3)n2)c1. The van der Waals surface area contributed by atoms with Gasteiger partial charge in [0.15, 0.2) is 0 Å². The van der Waals surface area contributed by atoms with Crippen molar-refractivity contribution in [1.29, 1.82) is 0 Å². The van der Waals surface area contributed by atoms with Crippen LogP contribution in [0, 0.1) is 6.92 Å². The maximum Gasteiger partial charge on any atom is 0.274 e. The van der Waals surface area contributed by atoms with Crippen molar-refractivity contribution >= 4 is 17.5 Å². The lowest BCUT2D eigenvalue weighted by atomic mass is 10.1. The Labute approximate surface area is 158 Å². The van der Waals surface area contributed by atoms with Gasteiger partial charge in [-0.2, -0.15) is 0 Å². The highest BCUT2D eigenvalue weighted by molar-refractivity contribution is 6.03.